The molecule has 1 rings (SSSR count). The van der Waals surface area contributed by atoms with Crippen molar-refractivity contribution in [1.29, 1.82) is 0 Å². The van der Waals surface area contributed by atoms with Crippen molar-refractivity contribution in [2.45, 2.75) is 31.3 Å². The van der Waals surface area contributed by atoms with Crippen LogP contribution < -0.4 is 0 Å². The third kappa shape index (κ3) is 4.33. The molecule has 0 spiro atoms. The molecule has 0 amide bonds. The average Bonchev–Trinajstić information content (AvgIpc) is 2.35. The summed E-state index contributed by atoms with van der Waals surface area (Å²) in [6.07, 6.45) is 1.41. The molecule has 0 aromatic heterocycles. The second-order valence-electron chi connectivity index (χ2n) is 3.74. The first-order chi connectivity index (χ1) is 8.45. The van der Waals surface area contributed by atoms with Gasteiger partial charge in [0, 0.05) is 12.3 Å². The molecule has 0 fully saturated rings. The Morgan fingerprint density at radius 1 is 1.33 bits per heavy atom. The highest BCUT2D eigenvalue weighted by Gasteiger charge is 2.11. The van der Waals surface area contributed by atoms with Gasteiger partial charge in [0.05, 0.1) is 4.90 Å². The number of carbonyl (C=O) groups is 1. The molecule has 0 heterocycles. The minimum absolute atomic E-state index is 0.221. The number of rotatable bonds is 5. The van der Waals surface area contributed by atoms with Crippen molar-refractivity contribution in [3.63, 3.8) is 0 Å². The van der Waals surface area contributed by atoms with Crippen molar-refractivity contribution in [2.24, 2.45) is 0 Å². The van der Waals surface area contributed by atoms with Gasteiger partial charge in [0.15, 0.2) is 9.84 Å². The SMILES string of the molecule is CCC(/C=C\S(=O)(=O)c1ccccc1)OC(C)=O. The summed E-state index contributed by atoms with van der Waals surface area (Å²) >= 11 is 0. The fourth-order valence-corrected chi connectivity index (χ4v) is 2.43. The third-order valence-electron chi connectivity index (χ3n) is 2.26. The van der Waals surface area contributed by atoms with E-state index in [0.29, 0.717) is 6.42 Å². The number of benzene rings is 1. The van der Waals surface area contributed by atoms with E-state index in [1.165, 1.54) is 25.1 Å². The second-order valence-corrected chi connectivity index (χ2v) is 5.58. The number of hydrogen-bond donors (Lipinski definition) is 0. The van der Waals surface area contributed by atoms with Crippen LogP contribution in [0.3, 0.4) is 0 Å². The van der Waals surface area contributed by atoms with Crippen LogP contribution in [0.15, 0.2) is 46.7 Å². The number of sulfone groups is 1. The molecule has 0 radical (unpaired) electrons. The number of hydrogen-bond acceptors (Lipinski definition) is 4. The maximum Gasteiger partial charge on any atom is 0.303 e. The van der Waals surface area contributed by atoms with E-state index in [0.717, 1.165) is 5.41 Å². The molecule has 0 N–H and O–H groups in total. The van der Waals surface area contributed by atoms with Crippen LogP contribution in [0.2, 0.25) is 0 Å². The lowest BCUT2D eigenvalue weighted by Crippen LogP contribution is -2.12. The van der Waals surface area contributed by atoms with Crippen molar-refractivity contribution >= 4 is 15.8 Å². The highest BCUT2D eigenvalue weighted by Crippen LogP contribution is 2.12. The molecule has 18 heavy (non-hydrogen) atoms. The normalized spacial score (nSPS) is 13.4. The van der Waals surface area contributed by atoms with E-state index in [9.17, 15) is 13.2 Å². The molecule has 0 saturated carbocycles. The summed E-state index contributed by atoms with van der Waals surface area (Å²) in [6.45, 7) is 3.11. The van der Waals surface area contributed by atoms with Crippen molar-refractivity contribution in [2.75, 3.05) is 0 Å². The van der Waals surface area contributed by atoms with E-state index in [4.69, 9.17) is 4.74 Å². The highest BCUT2D eigenvalue weighted by molar-refractivity contribution is 7.94. The number of carbonyl (C=O) groups excluding carboxylic acids is 1. The Kier molecular flexibility index (Phi) is 5.09. The first kappa shape index (κ1) is 14.4. The lowest BCUT2D eigenvalue weighted by molar-refractivity contribution is -0.144. The van der Waals surface area contributed by atoms with Crippen LogP contribution in [0, 0.1) is 0 Å². The van der Waals surface area contributed by atoms with Gasteiger partial charge in [-0.25, -0.2) is 8.42 Å². The molecular weight excluding hydrogens is 252 g/mol. The first-order valence-electron chi connectivity index (χ1n) is 5.61. The van der Waals surface area contributed by atoms with Gasteiger partial charge in [0.1, 0.15) is 6.10 Å². The summed E-state index contributed by atoms with van der Waals surface area (Å²) in [6, 6.07) is 8.10. The topological polar surface area (TPSA) is 60.4 Å². The summed E-state index contributed by atoms with van der Waals surface area (Å²) in [5, 5.41) is 1.08. The molecule has 98 valence electrons. The monoisotopic (exact) mass is 268 g/mol. The number of esters is 1. The Morgan fingerprint density at radius 3 is 2.44 bits per heavy atom. The van der Waals surface area contributed by atoms with Crippen molar-refractivity contribution < 1.29 is 17.9 Å². The van der Waals surface area contributed by atoms with E-state index >= 15 is 0 Å². The zero-order valence-electron chi connectivity index (χ0n) is 10.4. The van der Waals surface area contributed by atoms with Crippen LogP contribution in [0.1, 0.15) is 20.3 Å². The van der Waals surface area contributed by atoms with Crippen molar-refractivity contribution in [3.05, 3.63) is 41.8 Å². The van der Waals surface area contributed by atoms with E-state index < -0.39 is 21.9 Å². The van der Waals surface area contributed by atoms with Crippen LogP contribution in [-0.4, -0.2) is 20.5 Å². The van der Waals surface area contributed by atoms with Crippen LogP contribution in [0.5, 0.6) is 0 Å². The smallest absolute Gasteiger partial charge is 0.303 e. The van der Waals surface area contributed by atoms with E-state index in [2.05, 4.69) is 0 Å². The van der Waals surface area contributed by atoms with E-state index in [1.54, 1.807) is 18.2 Å². The van der Waals surface area contributed by atoms with Gasteiger partial charge in [-0.3, -0.25) is 4.79 Å². The Hall–Kier alpha value is -1.62. The predicted molar refractivity (Wildman–Crippen MR) is 68.6 cm³/mol. The van der Waals surface area contributed by atoms with Gasteiger partial charge >= 0.3 is 5.97 Å². The van der Waals surface area contributed by atoms with Crippen LogP contribution in [-0.2, 0) is 19.4 Å². The lowest BCUT2D eigenvalue weighted by atomic mass is 10.3. The zero-order valence-corrected chi connectivity index (χ0v) is 11.2. The minimum Gasteiger partial charge on any atom is -0.458 e. The molecule has 1 atom stereocenters. The van der Waals surface area contributed by atoms with Gasteiger partial charge < -0.3 is 4.74 Å². The molecule has 4 nitrogen and oxygen atoms in total. The van der Waals surface area contributed by atoms with Gasteiger partial charge in [-0.1, -0.05) is 25.1 Å². The van der Waals surface area contributed by atoms with E-state index in [1.807, 2.05) is 6.92 Å². The summed E-state index contributed by atoms with van der Waals surface area (Å²) in [5.41, 5.74) is 0. The maximum absolute atomic E-state index is 11.9. The summed E-state index contributed by atoms with van der Waals surface area (Å²) < 4.78 is 28.8. The molecule has 0 bridgehead atoms. The molecular formula is C13H16O4S. The Balaban J connectivity index is 2.85. The molecule has 5 heteroatoms. The minimum atomic E-state index is -3.47. The molecule has 1 aromatic carbocycles. The third-order valence-corrected chi connectivity index (χ3v) is 3.71. The summed E-state index contributed by atoms with van der Waals surface area (Å²) in [4.78, 5) is 11.0. The van der Waals surface area contributed by atoms with Gasteiger partial charge in [0.25, 0.3) is 0 Å². The Bertz CT molecular complexity index is 517. The van der Waals surface area contributed by atoms with Gasteiger partial charge in [0.2, 0.25) is 0 Å². The summed E-state index contributed by atoms with van der Waals surface area (Å²) in [5.74, 6) is -0.427. The molecule has 0 aliphatic carbocycles. The van der Waals surface area contributed by atoms with Crippen LogP contribution in [0.25, 0.3) is 0 Å². The highest BCUT2D eigenvalue weighted by atomic mass is 32.2. The van der Waals surface area contributed by atoms with Gasteiger partial charge in [-0.05, 0) is 24.6 Å². The van der Waals surface area contributed by atoms with E-state index in [-0.39, 0.29) is 4.90 Å². The lowest BCUT2D eigenvalue weighted by Gasteiger charge is -2.09. The fraction of sp³-hybridized carbons (Fsp3) is 0.308. The Morgan fingerprint density at radius 2 is 1.94 bits per heavy atom. The molecule has 1 unspecified atom stereocenters. The number of ether oxygens (including phenoxy) is 1. The largest absolute Gasteiger partial charge is 0.458 e. The van der Waals surface area contributed by atoms with Crippen molar-refractivity contribution in [1.82, 2.24) is 0 Å². The molecule has 1 aromatic rings. The molecule has 0 aliphatic heterocycles. The quantitative estimate of drug-likeness (QED) is 0.769. The van der Waals surface area contributed by atoms with Crippen LogP contribution >= 0.6 is 0 Å². The van der Waals surface area contributed by atoms with Gasteiger partial charge in [-0.2, -0.15) is 0 Å². The predicted octanol–water partition coefficient (Wildman–Crippen LogP) is 2.32. The Labute approximate surface area is 107 Å². The average molecular weight is 268 g/mol. The molecule has 0 aliphatic rings. The van der Waals surface area contributed by atoms with Crippen LogP contribution in [0.4, 0.5) is 0 Å². The standard InChI is InChI=1S/C13H16O4S/c1-3-12(17-11(2)14)9-10-18(15,16)13-7-5-4-6-8-13/h4-10,12H,3H2,1-2H3/b10-9-. The van der Waals surface area contributed by atoms with Crippen molar-refractivity contribution in [3.8, 4) is 0 Å². The summed E-state index contributed by atoms with van der Waals surface area (Å²) in [7, 11) is -3.47. The maximum atomic E-state index is 11.9. The molecule has 0 saturated heterocycles. The second kappa shape index (κ2) is 6.35. The first-order valence-corrected chi connectivity index (χ1v) is 7.16. The fourth-order valence-electron chi connectivity index (χ4n) is 1.35. The van der Waals surface area contributed by atoms with Gasteiger partial charge in [-0.15, -0.1) is 0 Å². The zero-order chi connectivity index (χ0) is 13.6.